The standard InChI is InChI=1S/C18H26N4O2/c1-12(2)22-16-8-4-3-7-15(16)17(21-22)18(24)20-14-10-13(19-11-14)6-5-9-23/h3-4,7-8,12-14,19,23H,5-6,9-11H2,1-2H3,(H,20,24)/t13-,14-/m0/s1. The predicted molar refractivity (Wildman–Crippen MR) is 94.1 cm³/mol. The van der Waals surface area contributed by atoms with Crippen LogP contribution >= 0.6 is 0 Å². The minimum atomic E-state index is -0.111. The number of benzene rings is 1. The van der Waals surface area contributed by atoms with Gasteiger partial charge < -0.3 is 15.7 Å². The number of amides is 1. The molecule has 1 aliphatic heterocycles. The van der Waals surface area contributed by atoms with Crippen molar-refractivity contribution in [2.24, 2.45) is 0 Å². The molecule has 0 spiro atoms. The predicted octanol–water partition coefficient (Wildman–Crippen LogP) is 1.85. The number of aliphatic hydroxyl groups is 1. The van der Waals surface area contributed by atoms with E-state index in [-0.39, 0.29) is 24.6 Å². The van der Waals surface area contributed by atoms with E-state index in [1.54, 1.807) is 0 Å². The van der Waals surface area contributed by atoms with Gasteiger partial charge in [-0.15, -0.1) is 0 Å². The molecular weight excluding hydrogens is 304 g/mol. The summed E-state index contributed by atoms with van der Waals surface area (Å²) in [5, 5.41) is 20.9. The van der Waals surface area contributed by atoms with Gasteiger partial charge in [0.1, 0.15) is 0 Å². The molecule has 1 amide bonds. The van der Waals surface area contributed by atoms with Crippen molar-refractivity contribution < 1.29 is 9.90 Å². The summed E-state index contributed by atoms with van der Waals surface area (Å²) in [6, 6.07) is 8.54. The maximum atomic E-state index is 12.7. The lowest BCUT2D eigenvalue weighted by Crippen LogP contribution is -2.36. The molecule has 1 fully saturated rings. The Bertz CT molecular complexity index is 710. The van der Waals surface area contributed by atoms with Crippen molar-refractivity contribution in [3.8, 4) is 0 Å². The van der Waals surface area contributed by atoms with Crippen LogP contribution in [-0.2, 0) is 0 Å². The van der Waals surface area contributed by atoms with Gasteiger partial charge in [0.2, 0.25) is 0 Å². The summed E-state index contributed by atoms with van der Waals surface area (Å²) < 4.78 is 1.90. The van der Waals surface area contributed by atoms with Gasteiger partial charge in [-0.3, -0.25) is 9.48 Å². The minimum absolute atomic E-state index is 0.111. The Balaban J connectivity index is 1.73. The number of aromatic nitrogens is 2. The molecule has 1 saturated heterocycles. The van der Waals surface area contributed by atoms with Gasteiger partial charge >= 0.3 is 0 Å². The maximum Gasteiger partial charge on any atom is 0.272 e. The maximum absolute atomic E-state index is 12.7. The fraction of sp³-hybridized carbons (Fsp3) is 0.556. The van der Waals surface area contributed by atoms with Crippen molar-refractivity contribution in [2.75, 3.05) is 13.2 Å². The van der Waals surface area contributed by atoms with Crippen LogP contribution < -0.4 is 10.6 Å². The van der Waals surface area contributed by atoms with Crippen molar-refractivity contribution in [2.45, 2.75) is 51.2 Å². The van der Waals surface area contributed by atoms with Gasteiger partial charge in [-0.2, -0.15) is 5.10 Å². The molecule has 3 rings (SSSR count). The average Bonchev–Trinajstić information content (AvgIpc) is 3.17. The molecule has 6 heteroatoms. The lowest BCUT2D eigenvalue weighted by molar-refractivity contribution is 0.0935. The number of aliphatic hydroxyl groups excluding tert-OH is 1. The summed E-state index contributed by atoms with van der Waals surface area (Å²) in [6.45, 7) is 5.11. The van der Waals surface area contributed by atoms with Gasteiger partial charge in [-0.05, 0) is 39.2 Å². The van der Waals surface area contributed by atoms with E-state index in [2.05, 4.69) is 29.6 Å². The quantitative estimate of drug-likeness (QED) is 0.755. The zero-order valence-corrected chi connectivity index (χ0v) is 14.3. The number of nitrogens with one attached hydrogen (secondary N) is 2. The highest BCUT2D eigenvalue weighted by molar-refractivity contribution is 6.05. The molecule has 1 aliphatic rings. The van der Waals surface area contributed by atoms with Crippen LogP contribution in [0.15, 0.2) is 24.3 Å². The van der Waals surface area contributed by atoms with Crippen LogP contribution in [0.1, 0.15) is 49.6 Å². The van der Waals surface area contributed by atoms with Gasteiger partial charge in [0, 0.05) is 36.7 Å². The minimum Gasteiger partial charge on any atom is -0.396 e. The molecule has 2 atom stereocenters. The van der Waals surface area contributed by atoms with E-state index in [1.165, 1.54) is 0 Å². The van der Waals surface area contributed by atoms with E-state index in [0.29, 0.717) is 11.7 Å². The van der Waals surface area contributed by atoms with Crippen molar-refractivity contribution in [1.82, 2.24) is 20.4 Å². The molecule has 0 bridgehead atoms. The molecule has 0 unspecified atom stereocenters. The summed E-state index contributed by atoms with van der Waals surface area (Å²) in [4.78, 5) is 12.7. The number of rotatable bonds is 6. The number of fused-ring (bicyclic) bond motifs is 1. The molecular formula is C18H26N4O2. The molecule has 0 radical (unpaired) electrons. The number of carbonyl (C=O) groups excluding carboxylic acids is 1. The summed E-state index contributed by atoms with van der Waals surface area (Å²) in [7, 11) is 0. The van der Waals surface area contributed by atoms with Crippen molar-refractivity contribution in [3.63, 3.8) is 0 Å². The third-order valence-electron chi connectivity index (χ3n) is 4.59. The van der Waals surface area contributed by atoms with Crippen LogP contribution in [-0.4, -0.2) is 46.0 Å². The zero-order chi connectivity index (χ0) is 17.1. The lowest BCUT2D eigenvalue weighted by Gasteiger charge is -2.11. The fourth-order valence-corrected chi connectivity index (χ4v) is 3.39. The van der Waals surface area contributed by atoms with Crippen LogP contribution in [0.4, 0.5) is 0 Å². The van der Waals surface area contributed by atoms with E-state index in [4.69, 9.17) is 5.11 Å². The first-order chi connectivity index (χ1) is 11.6. The summed E-state index contributed by atoms with van der Waals surface area (Å²) >= 11 is 0. The summed E-state index contributed by atoms with van der Waals surface area (Å²) in [5.74, 6) is -0.111. The van der Waals surface area contributed by atoms with Gasteiger partial charge in [0.05, 0.1) is 5.52 Å². The Morgan fingerprint density at radius 3 is 3.00 bits per heavy atom. The molecule has 3 N–H and O–H groups in total. The van der Waals surface area contributed by atoms with Gasteiger partial charge in [-0.25, -0.2) is 0 Å². The average molecular weight is 330 g/mol. The Morgan fingerprint density at radius 1 is 1.46 bits per heavy atom. The Morgan fingerprint density at radius 2 is 2.25 bits per heavy atom. The third-order valence-corrected chi connectivity index (χ3v) is 4.59. The van der Waals surface area contributed by atoms with Crippen LogP contribution in [0, 0.1) is 0 Å². The number of para-hydroxylation sites is 1. The Hall–Kier alpha value is -1.92. The molecule has 2 heterocycles. The van der Waals surface area contributed by atoms with E-state index in [0.717, 1.165) is 36.7 Å². The van der Waals surface area contributed by atoms with Crippen LogP contribution in [0.2, 0.25) is 0 Å². The molecule has 1 aromatic heterocycles. The molecule has 0 aliphatic carbocycles. The van der Waals surface area contributed by atoms with Gasteiger partial charge in [0.15, 0.2) is 5.69 Å². The molecule has 2 aromatic rings. The van der Waals surface area contributed by atoms with Crippen LogP contribution in [0.3, 0.4) is 0 Å². The molecule has 0 saturated carbocycles. The van der Waals surface area contributed by atoms with E-state index in [9.17, 15) is 4.79 Å². The monoisotopic (exact) mass is 330 g/mol. The molecule has 6 nitrogen and oxygen atoms in total. The van der Waals surface area contributed by atoms with Crippen molar-refractivity contribution in [3.05, 3.63) is 30.0 Å². The number of hydrogen-bond acceptors (Lipinski definition) is 4. The first-order valence-corrected chi connectivity index (χ1v) is 8.72. The van der Waals surface area contributed by atoms with Crippen molar-refractivity contribution in [1.29, 1.82) is 0 Å². The zero-order valence-electron chi connectivity index (χ0n) is 14.3. The Labute approximate surface area is 142 Å². The smallest absolute Gasteiger partial charge is 0.272 e. The second kappa shape index (κ2) is 7.32. The Kier molecular flexibility index (Phi) is 5.16. The first kappa shape index (κ1) is 16.9. The lowest BCUT2D eigenvalue weighted by atomic mass is 10.1. The van der Waals surface area contributed by atoms with Gasteiger partial charge in [-0.1, -0.05) is 18.2 Å². The molecule has 1 aromatic carbocycles. The summed E-state index contributed by atoms with van der Waals surface area (Å²) in [6.07, 6.45) is 2.63. The second-order valence-corrected chi connectivity index (χ2v) is 6.78. The highest BCUT2D eigenvalue weighted by Crippen LogP contribution is 2.22. The van der Waals surface area contributed by atoms with Crippen LogP contribution in [0.5, 0.6) is 0 Å². The highest BCUT2D eigenvalue weighted by atomic mass is 16.3. The molecule has 130 valence electrons. The number of nitrogens with zero attached hydrogens (tertiary/aromatic N) is 2. The van der Waals surface area contributed by atoms with E-state index in [1.807, 2.05) is 28.9 Å². The van der Waals surface area contributed by atoms with E-state index >= 15 is 0 Å². The summed E-state index contributed by atoms with van der Waals surface area (Å²) in [5.41, 5.74) is 1.49. The van der Waals surface area contributed by atoms with Crippen LogP contribution in [0.25, 0.3) is 10.9 Å². The van der Waals surface area contributed by atoms with Gasteiger partial charge in [0.25, 0.3) is 5.91 Å². The number of carbonyl (C=O) groups is 1. The third kappa shape index (κ3) is 3.44. The largest absolute Gasteiger partial charge is 0.396 e. The second-order valence-electron chi connectivity index (χ2n) is 6.78. The number of hydrogen-bond donors (Lipinski definition) is 3. The SMILES string of the molecule is CC(C)n1nc(C(=O)N[C@@H]2CN[C@@H](CCCO)C2)c2ccccc21. The fourth-order valence-electron chi connectivity index (χ4n) is 3.39. The first-order valence-electron chi connectivity index (χ1n) is 8.72. The topological polar surface area (TPSA) is 79.2 Å². The highest BCUT2D eigenvalue weighted by Gasteiger charge is 2.27. The van der Waals surface area contributed by atoms with E-state index < -0.39 is 0 Å². The van der Waals surface area contributed by atoms with Crippen molar-refractivity contribution >= 4 is 16.8 Å². The normalized spacial score (nSPS) is 20.8. The molecule has 24 heavy (non-hydrogen) atoms.